The Labute approximate surface area is 148 Å². The standard InChI is InChI=1S/C17H17N5O2S/c1-21(17(24)14-3-2-10-25-14)12-16(23)19-15-6-9-22(20-15)11-13-4-7-18-8-5-13/h2-10H,11-12H2,1H3,(H,19,20,23). The molecule has 3 heterocycles. The average Bonchev–Trinajstić information content (AvgIpc) is 3.27. The summed E-state index contributed by atoms with van der Waals surface area (Å²) in [6.07, 6.45) is 5.24. The van der Waals surface area contributed by atoms with Crippen molar-refractivity contribution >= 4 is 29.0 Å². The lowest BCUT2D eigenvalue weighted by Gasteiger charge is -2.15. The van der Waals surface area contributed by atoms with Crippen LogP contribution in [0.4, 0.5) is 5.82 Å². The van der Waals surface area contributed by atoms with Crippen LogP contribution in [-0.2, 0) is 11.3 Å². The van der Waals surface area contributed by atoms with E-state index in [0.717, 1.165) is 5.56 Å². The van der Waals surface area contributed by atoms with Crippen molar-refractivity contribution in [3.05, 3.63) is 64.7 Å². The summed E-state index contributed by atoms with van der Waals surface area (Å²) in [4.78, 5) is 30.2. The predicted octanol–water partition coefficient (Wildman–Crippen LogP) is 2.10. The first-order valence-corrected chi connectivity index (χ1v) is 8.51. The zero-order valence-electron chi connectivity index (χ0n) is 13.6. The number of nitrogens with one attached hydrogen (secondary N) is 1. The Morgan fingerprint density at radius 1 is 1.24 bits per heavy atom. The molecule has 0 atom stereocenters. The summed E-state index contributed by atoms with van der Waals surface area (Å²) in [6.45, 7) is 0.559. The lowest BCUT2D eigenvalue weighted by Crippen LogP contribution is -2.34. The Morgan fingerprint density at radius 3 is 2.76 bits per heavy atom. The third-order valence-corrected chi connectivity index (χ3v) is 4.32. The highest BCUT2D eigenvalue weighted by Crippen LogP contribution is 2.11. The van der Waals surface area contributed by atoms with Gasteiger partial charge in [0.05, 0.1) is 18.0 Å². The number of pyridine rings is 1. The summed E-state index contributed by atoms with van der Waals surface area (Å²) in [7, 11) is 1.60. The molecule has 8 heteroatoms. The van der Waals surface area contributed by atoms with Crippen LogP contribution >= 0.6 is 11.3 Å². The molecule has 1 N–H and O–H groups in total. The molecule has 0 radical (unpaired) electrons. The Kier molecular flexibility index (Phi) is 5.20. The number of anilines is 1. The number of hydrogen-bond donors (Lipinski definition) is 1. The molecular formula is C17H17N5O2S. The van der Waals surface area contributed by atoms with E-state index < -0.39 is 0 Å². The summed E-state index contributed by atoms with van der Waals surface area (Å²) >= 11 is 1.35. The van der Waals surface area contributed by atoms with Gasteiger partial charge < -0.3 is 10.2 Å². The first-order chi connectivity index (χ1) is 12.1. The molecule has 0 aromatic carbocycles. The van der Waals surface area contributed by atoms with E-state index in [1.807, 2.05) is 17.5 Å². The third-order valence-electron chi connectivity index (χ3n) is 3.46. The molecule has 0 aliphatic rings. The fourth-order valence-electron chi connectivity index (χ4n) is 2.25. The third kappa shape index (κ3) is 4.51. The summed E-state index contributed by atoms with van der Waals surface area (Å²) in [5.41, 5.74) is 1.07. The second-order valence-electron chi connectivity index (χ2n) is 5.44. The van der Waals surface area contributed by atoms with Crippen molar-refractivity contribution in [2.24, 2.45) is 0 Å². The highest BCUT2D eigenvalue weighted by atomic mass is 32.1. The molecule has 128 valence electrons. The number of aromatic nitrogens is 3. The van der Waals surface area contributed by atoms with Crippen LogP contribution in [0, 0.1) is 0 Å². The van der Waals surface area contributed by atoms with Gasteiger partial charge in [0.15, 0.2) is 5.82 Å². The quantitative estimate of drug-likeness (QED) is 0.734. The van der Waals surface area contributed by atoms with Crippen LogP contribution in [0.25, 0.3) is 0 Å². The number of amides is 2. The number of thiophene rings is 1. The minimum Gasteiger partial charge on any atom is -0.332 e. The molecule has 3 aromatic rings. The molecule has 0 saturated carbocycles. The summed E-state index contributed by atoms with van der Waals surface area (Å²) in [5.74, 6) is -0.00837. The van der Waals surface area contributed by atoms with Crippen molar-refractivity contribution in [2.45, 2.75) is 6.54 Å². The van der Waals surface area contributed by atoms with Crippen LogP contribution in [0.5, 0.6) is 0 Å². The fourth-order valence-corrected chi connectivity index (χ4v) is 2.97. The Hall–Kier alpha value is -3.00. The number of hydrogen-bond acceptors (Lipinski definition) is 5. The maximum Gasteiger partial charge on any atom is 0.264 e. The first kappa shape index (κ1) is 16.8. The van der Waals surface area contributed by atoms with Gasteiger partial charge in [0.2, 0.25) is 5.91 Å². The molecule has 7 nitrogen and oxygen atoms in total. The van der Waals surface area contributed by atoms with Crippen LogP contribution in [-0.4, -0.2) is 45.1 Å². The fraction of sp³-hybridized carbons (Fsp3) is 0.176. The molecule has 0 unspecified atom stereocenters. The van der Waals surface area contributed by atoms with Crippen LogP contribution in [0.2, 0.25) is 0 Å². The molecule has 0 aliphatic heterocycles. The zero-order valence-corrected chi connectivity index (χ0v) is 14.4. The topological polar surface area (TPSA) is 80.1 Å². The lowest BCUT2D eigenvalue weighted by molar-refractivity contribution is -0.116. The van der Waals surface area contributed by atoms with Gasteiger partial charge in [-0.25, -0.2) is 0 Å². The average molecular weight is 355 g/mol. The maximum absolute atomic E-state index is 12.1. The van der Waals surface area contributed by atoms with E-state index >= 15 is 0 Å². The maximum atomic E-state index is 12.1. The second kappa shape index (κ2) is 7.71. The first-order valence-electron chi connectivity index (χ1n) is 7.63. The highest BCUT2D eigenvalue weighted by molar-refractivity contribution is 7.12. The van der Waals surface area contributed by atoms with Gasteiger partial charge in [0.25, 0.3) is 5.91 Å². The summed E-state index contributed by atoms with van der Waals surface area (Å²) in [6, 6.07) is 9.08. The van der Waals surface area contributed by atoms with Gasteiger partial charge in [-0.2, -0.15) is 5.10 Å². The van der Waals surface area contributed by atoms with E-state index in [-0.39, 0.29) is 18.4 Å². The summed E-state index contributed by atoms with van der Waals surface area (Å²) in [5, 5.41) is 8.85. The molecular weight excluding hydrogens is 338 g/mol. The Balaban J connectivity index is 1.54. The van der Waals surface area contributed by atoms with Crippen LogP contribution < -0.4 is 5.32 Å². The van der Waals surface area contributed by atoms with Gasteiger partial charge in [-0.1, -0.05) is 6.07 Å². The van der Waals surface area contributed by atoms with Crippen molar-refractivity contribution in [1.82, 2.24) is 19.7 Å². The van der Waals surface area contributed by atoms with Crippen LogP contribution in [0.15, 0.2) is 54.3 Å². The van der Waals surface area contributed by atoms with E-state index in [9.17, 15) is 9.59 Å². The number of likely N-dealkylation sites (N-methyl/N-ethyl adjacent to an activating group) is 1. The molecule has 25 heavy (non-hydrogen) atoms. The van der Waals surface area contributed by atoms with E-state index in [1.165, 1.54) is 16.2 Å². The highest BCUT2D eigenvalue weighted by Gasteiger charge is 2.16. The number of carbonyl (C=O) groups is 2. The van der Waals surface area contributed by atoms with Crippen LogP contribution in [0.1, 0.15) is 15.2 Å². The normalized spacial score (nSPS) is 10.4. The zero-order chi connectivity index (χ0) is 17.6. The van der Waals surface area contributed by atoms with E-state index in [2.05, 4.69) is 15.4 Å². The van der Waals surface area contributed by atoms with E-state index in [0.29, 0.717) is 17.2 Å². The van der Waals surface area contributed by atoms with Crippen molar-refractivity contribution in [2.75, 3.05) is 18.9 Å². The molecule has 3 rings (SSSR count). The van der Waals surface area contributed by atoms with Gasteiger partial charge in [-0.15, -0.1) is 11.3 Å². The molecule has 3 aromatic heterocycles. The molecule has 0 aliphatic carbocycles. The molecule has 0 spiro atoms. The van der Waals surface area contributed by atoms with E-state index in [4.69, 9.17) is 0 Å². The minimum atomic E-state index is -0.290. The van der Waals surface area contributed by atoms with Gasteiger partial charge >= 0.3 is 0 Å². The van der Waals surface area contributed by atoms with Gasteiger partial charge in [-0.05, 0) is 29.1 Å². The molecule has 0 saturated heterocycles. The minimum absolute atomic E-state index is 0.0338. The Bertz CT molecular complexity index is 845. The Morgan fingerprint density at radius 2 is 2.04 bits per heavy atom. The van der Waals surface area contributed by atoms with Crippen molar-refractivity contribution in [1.29, 1.82) is 0 Å². The molecule has 0 fully saturated rings. The number of nitrogens with zero attached hydrogens (tertiary/aromatic N) is 4. The molecule has 2 amide bonds. The van der Waals surface area contributed by atoms with Crippen molar-refractivity contribution < 1.29 is 9.59 Å². The number of rotatable bonds is 6. The van der Waals surface area contributed by atoms with E-state index in [1.54, 1.807) is 48.5 Å². The van der Waals surface area contributed by atoms with Crippen molar-refractivity contribution in [3.63, 3.8) is 0 Å². The van der Waals surface area contributed by atoms with Gasteiger partial charge in [-0.3, -0.25) is 19.3 Å². The summed E-state index contributed by atoms with van der Waals surface area (Å²) < 4.78 is 1.73. The van der Waals surface area contributed by atoms with Crippen molar-refractivity contribution in [3.8, 4) is 0 Å². The number of carbonyl (C=O) groups excluding carboxylic acids is 2. The predicted molar refractivity (Wildman–Crippen MR) is 95.5 cm³/mol. The van der Waals surface area contributed by atoms with Gasteiger partial charge in [0.1, 0.15) is 0 Å². The van der Waals surface area contributed by atoms with Crippen LogP contribution in [0.3, 0.4) is 0 Å². The largest absolute Gasteiger partial charge is 0.332 e. The monoisotopic (exact) mass is 355 g/mol. The second-order valence-corrected chi connectivity index (χ2v) is 6.39. The SMILES string of the molecule is CN(CC(=O)Nc1ccn(Cc2ccncc2)n1)C(=O)c1cccs1. The molecule has 0 bridgehead atoms. The smallest absolute Gasteiger partial charge is 0.264 e. The lowest BCUT2D eigenvalue weighted by atomic mass is 10.3. The van der Waals surface area contributed by atoms with Gasteiger partial charge in [0, 0.05) is 31.7 Å².